The summed E-state index contributed by atoms with van der Waals surface area (Å²) in [6, 6.07) is 18.1. The van der Waals surface area contributed by atoms with Crippen LogP contribution in [0.4, 0.5) is 5.69 Å². The summed E-state index contributed by atoms with van der Waals surface area (Å²) in [5, 5.41) is 15.4. The highest BCUT2D eigenvalue weighted by atomic mass is 35.5. The Morgan fingerprint density at radius 3 is 2.50 bits per heavy atom. The van der Waals surface area contributed by atoms with Crippen molar-refractivity contribution < 1.29 is 28.9 Å². The average molecular weight is 480 g/mol. The molecule has 3 aromatic rings. The van der Waals surface area contributed by atoms with E-state index in [0.29, 0.717) is 23.6 Å². The minimum atomic E-state index is -1.20. The van der Waals surface area contributed by atoms with E-state index in [1.807, 2.05) is 36.4 Å². The lowest BCUT2D eigenvalue weighted by Gasteiger charge is -2.38. The number of aliphatic hydroxyl groups excluding tert-OH is 1. The molecule has 174 valence electrons. The summed E-state index contributed by atoms with van der Waals surface area (Å²) < 4.78 is 17.0. The fraction of sp³-hybridized carbons (Fsp3) is 0.231. The molecule has 2 aliphatic rings. The lowest BCUT2D eigenvalue weighted by Crippen LogP contribution is -2.45. The third kappa shape index (κ3) is 4.39. The van der Waals surface area contributed by atoms with Crippen LogP contribution < -0.4 is 10.1 Å². The van der Waals surface area contributed by atoms with E-state index < -0.39 is 29.2 Å². The van der Waals surface area contributed by atoms with Crippen molar-refractivity contribution in [2.45, 2.75) is 37.9 Å². The van der Waals surface area contributed by atoms with Crippen molar-refractivity contribution in [3.8, 4) is 11.5 Å². The van der Waals surface area contributed by atoms with Gasteiger partial charge in [0.15, 0.2) is 5.75 Å². The summed E-state index contributed by atoms with van der Waals surface area (Å²) in [6.45, 7) is 0. The van der Waals surface area contributed by atoms with E-state index in [1.165, 1.54) is 0 Å². The SMILES string of the molecule is O=C(Nc1ccc(Cl)cc1Oc1ccc2ccccc2c1)C1=C(O)OC2(CCCCC2)OC1=O. The third-order valence-electron chi connectivity index (χ3n) is 5.96. The first-order valence-electron chi connectivity index (χ1n) is 11.1. The minimum Gasteiger partial charge on any atom is -0.480 e. The fourth-order valence-corrected chi connectivity index (χ4v) is 4.43. The predicted molar refractivity (Wildman–Crippen MR) is 127 cm³/mol. The Bertz CT molecular complexity index is 1310. The largest absolute Gasteiger partial charge is 0.480 e. The van der Waals surface area contributed by atoms with Crippen molar-refractivity contribution in [1.29, 1.82) is 0 Å². The van der Waals surface area contributed by atoms with Crippen molar-refractivity contribution in [3.63, 3.8) is 0 Å². The standard InChI is InChI=1S/C26H22ClNO6/c27-18-9-11-20(21(15-18)32-19-10-8-16-6-2-3-7-17(16)14-19)28-23(29)22-24(30)33-26(34-25(22)31)12-4-1-5-13-26/h2-3,6-11,14-15,30H,1,4-5,12-13H2,(H,28,29). The Morgan fingerprint density at radius 1 is 0.971 bits per heavy atom. The number of halogens is 1. The maximum absolute atomic E-state index is 12.9. The zero-order valence-electron chi connectivity index (χ0n) is 18.2. The van der Waals surface area contributed by atoms with Crippen LogP contribution in [0.3, 0.4) is 0 Å². The Balaban J connectivity index is 1.39. The lowest BCUT2D eigenvalue weighted by molar-refractivity contribution is -0.249. The Labute approximate surface area is 200 Å². The summed E-state index contributed by atoms with van der Waals surface area (Å²) in [5.41, 5.74) is -0.337. The summed E-state index contributed by atoms with van der Waals surface area (Å²) in [6.07, 6.45) is 3.55. The molecule has 0 aromatic heterocycles. The number of hydrogen-bond acceptors (Lipinski definition) is 6. The second-order valence-corrected chi connectivity index (χ2v) is 8.79. The van der Waals surface area contributed by atoms with Crippen LogP contribution in [-0.4, -0.2) is 22.8 Å². The van der Waals surface area contributed by atoms with Crippen LogP contribution in [0.1, 0.15) is 32.1 Å². The number of rotatable bonds is 4. The summed E-state index contributed by atoms with van der Waals surface area (Å²) in [4.78, 5) is 25.6. The first-order valence-corrected chi connectivity index (χ1v) is 11.4. The molecular formula is C26H22ClNO6. The number of esters is 1. The quantitative estimate of drug-likeness (QED) is 0.340. The molecule has 1 fully saturated rings. The molecule has 0 atom stereocenters. The number of aliphatic hydroxyl groups is 1. The second-order valence-electron chi connectivity index (χ2n) is 8.35. The molecule has 0 radical (unpaired) electrons. The number of carbonyl (C=O) groups is 2. The van der Waals surface area contributed by atoms with Crippen molar-refractivity contribution in [1.82, 2.24) is 0 Å². The van der Waals surface area contributed by atoms with Gasteiger partial charge in [0, 0.05) is 23.9 Å². The van der Waals surface area contributed by atoms with Crippen molar-refractivity contribution in [3.05, 3.63) is 77.2 Å². The Morgan fingerprint density at radius 2 is 1.74 bits per heavy atom. The molecule has 1 aliphatic carbocycles. The van der Waals surface area contributed by atoms with E-state index in [0.717, 1.165) is 30.0 Å². The third-order valence-corrected chi connectivity index (χ3v) is 6.20. The van der Waals surface area contributed by atoms with Gasteiger partial charge < -0.3 is 24.6 Å². The van der Waals surface area contributed by atoms with Crippen LogP contribution in [0.2, 0.25) is 5.02 Å². The molecule has 1 aliphatic heterocycles. The van der Waals surface area contributed by atoms with Crippen LogP contribution in [-0.2, 0) is 19.1 Å². The molecule has 0 bridgehead atoms. The molecule has 1 heterocycles. The van der Waals surface area contributed by atoms with Gasteiger partial charge in [-0.05, 0) is 47.9 Å². The van der Waals surface area contributed by atoms with Crippen molar-refractivity contribution in [2.24, 2.45) is 0 Å². The number of ether oxygens (including phenoxy) is 3. The molecule has 1 amide bonds. The molecule has 8 heteroatoms. The van der Waals surface area contributed by atoms with Gasteiger partial charge in [0.2, 0.25) is 5.57 Å². The minimum absolute atomic E-state index is 0.258. The molecule has 5 rings (SSSR count). The van der Waals surface area contributed by atoms with Gasteiger partial charge in [-0.25, -0.2) is 4.79 Å². The smallest absolute Gasteiger partial charge is 0.354 e. The maximum Gasteiger partial charge on any atom is 0.354 e. The molecule has 2 N–H and O–H groups in total. The highest BCUT2D eigenvalue weighted by Gasteiger charge is 2.46. The van der Waals surface area contributed by atoms with E-state index in [2.05, 4.69) is 5.32 Å². The van der Waals surface area contributed by atoms with E-state index >= 15 is 0 Å². The normalized spacial score (nSPS) is 17.3. The highest BCUT2D eigenvalue weighted by Crippen LogP contribution is 2.39. The lowest BCUT2D eigenvalue weighted by atomic mass is 9.93. The van der Waals surface area contributed by atoms with E-state index in [9.17, 15) is 14.7 Å². The predicted octanol–water partition coefficient (Wildman–Crippen LogP) is 6.23. The maximum atomic E-state index is 12.9. The van der Waals surface area contributed by atoms with Crippen LogP contribution in [0, 0.1) is 0 Å². The summed E-state index contributed by atoms with van der Waals surface area (Å²) >= 11 is 6.16. The molecule has 1 spiro atoms. The van der Waals surface area contributed by atoms with Crippen LogP contribution in [0.25, 0.3) is 10.8 Å². The number of carbonyl (C=O) groups excluding carboxylic acids is 2. The van der Waals surface area contributed by atoms with Crippen LogP contribution in [0.15, 0.2) is 72.2 Å². The van der Waals surface area contributed by atoms with Gasteiger partial charge in [-0.1, -0.05) is 48.4 Å². The van der Waals surface area contributed by atoms with Gasteiger partial charge in [0.1, 0.15) is 5.75 Å². The zero-order chi connectivity index (χ0) is 23.7. The molecule has 34 heavy (non-hydrogen) atoms. The average Bonchev–Trinajstić information content (AvgIpc) is 2.81. The Hall–Kier alpha value is -3.71. The molecule has 0 saturated heterocycles. The van der Waals surface area contributed by atoms with Gasteiger partial charge in [-0.3, -0.25) is 4.79 Å². The number of benzene rings is 3. The van der Waals surface area contributed by atoms with Crippen LogP contribution in [0.5, 0.6) is 11.5 Å². The van der Waals surface area contributed by atoms with Gasteiger partial charge in [-0.15, -0.1) is 0 Å². The van der Waals surface area contributed by atoms with Gasteiger partial charge >= 0.3 is 11.9 Å². The van der Waals surface area contributed by atoms with Crippen molar-refractivity contribution >= 4 is 39.9 Å². The number of anilines is 1. The van der Waals surface area contributed by atoms with Crippen molar-refractivity contribution in [2.75, 3.05) is 5.32 Å². The van der Waals surface area contributed by atoms with Gasteiger partial charge in [0.25, 0.3) is 11.7 Å². The van der Waals surface area contributed by atoms with E-state index in [-0.39, 0.29) is 11.4 Å². The zero-order valence-corrected chi connectivity index (χ0v) is 18.9. The van der Waals surface area contributed by atoms with Gasteiger partial charge in [-0.2, -0.15) is 0 Å². The number of hydrogen-bond donors (Lipinski definition) is 2. The Kier molecular flexibility index (Phi) is 5.79. The van der Waals surface area contributed by atoms with E-state index in [1.54, 1.807) is 24.3 Å². The molecule has 3 aromatic carbocycles. The summed E-state index contributed by atoms with van der Waals surface area (Å²) in [7, 11) is 0. The fourth-order valence-electron chi connectivity index (χ4n) is 4.27. The molecule has 7 nitrogen and oxygen atoms in total. The topological polar surface area (TPSA) is 94.1 Å². The number of fused-ring (bicyclic) bond motifs is 1. The first kappa shape index (κ1) is 22.1. The first-order chi connectivity index (χ1) is 16.4. The number of amides is 1. The number of nitrogens with one attached hydrogen (secondary N) is 1. The molecule has 1 saturated carbocycles. The van der Waals surface area contributed by atoms with Gasteiger partial charge in [0.05, 0.1) is 5.69 Å². The summed E-state index contributed by atoms with van der Waals surface area (Å²) in [5.74, 6) is -2.92. The second kappa shape index (κ2) is 8.91. The highest BCUT2D eigenvalue weighted by molar-refractivity contribution is 6.31. The molecule has 0 unspecified atom stereocenters. The van der Waals surface area contributed by atoms with Crippen LogP contribution >= 0.6 is 11.6 Å². The molecular weight excluding hydrogens is 458 g/mol. The van der Waals surface area contributed by atoms with E-state index in [4.69, 9.17) is 25.8 Å². The monoisotopic (exact) mass is 479 g/mol.